The molecule has 1 aliphatic rings. The summed E-state index contributed by atoms with van der Waals surface area (Å²) in [5, 5.41) is 20.1. The lowest BCUT2D eigenvalue weighted by molar-refractivity contribution is -0.116. The van der Waals surface area contributed by atoms with Crippen LogP contribution in [0.5, 0.6) is 11.5 Å². The predicted octanol–water partition coefficient (Wildman–Crippen LogP) is 2.89. The Hall–Kier alpha value is -3.95. The van der Waals surface area contributed by atoms with Crippen molar-refractivity contribution in [2.75, 3.05) is 18.5 Å². The Kier molecular flexibility index (Phi) is 4.96. The molecule has 3 aromatic heterocycles. The maximum atomic E-state index is 12.7. The van der Waals surface area contributed by atoms with E-state index in [0.29, 0.717) is 48.4 Å². The number of fused-ring (bicyclic) bond motifs is 2. The molecule has 0 unspecified atom stereocenters. The van der Waals surface area contributed by atoms with Crippen LogP contribution in [0.2, 0.25) is 0 Å². The molecule has 1 amide bonds. The summed E-state index contributed by atoms with van der Waals surface area (Å²) < 4.78 is 14.7. The fourth-order valence-electron chi connectivity index (χ4n) is 4.11. The topological polar surface area (TPSA) is 108 Å². The summed E-state index contributed by atoms with van der Waals surface area (Å²) in [6.45, 7) is 6.88. The molecule has 0 spiro atoms. The largest absolute Gasteiger partial charge is 0.490 e. The van der Waals surface area contributed by atoms with Crippen LogP contribution in [0.1, 0.15) is 43.0 Å². The van der Waals surface area contributed by atoms with E-state index in [-0.39, 0.29) is 11.8 Å². The third kappa shape index (κ3) is 3.33. The van der Waals surface area contributed by atoms with Crippen molar-refractivity contribution in [3.8, 4) is 17.3 Å². The molecule has 1 N–H and O–H groups in total. The van der Waals surface area contributed by atoms with E-state index in [1.54, 1.807) is 15.3 Å². The van der Waals surface area contributed by atoms with Crippen molar-refractivity contribution in [3.63, 3.8) is 0 Å². The average molecular weight is 433 g/mol. The van der Waals surface area contributed by atoms with E-state index < -0.39 is 0 Å². The molecular weight excluding hydrogens is 410 g/mol. The van der Waals surface area contributed by atoms with Gasteiger partial charge < -0.3 is 14.8 Å². The monoisotopic (exact) mass is 433 g/mol. The number of aromatic nitrogens is 6. The van der Waals surface area contributed by atoms with Crippen LogP contribution in [0.4, 0.5) is 5.82 Å². The average Bonchev–Trinajstić information content (AvgIpc) is 3.38. The number of ether oxygens (including phenoxy) is 2. The molecule has 0 saturated heterocycles. The van der Waals surface area contributed by atoms with Crippen LogP contribution in [0.15, 0.2) is 36.7 Å². The second-order valence-electron chi connectivity index (χ2n) is 7.46. The SMILES string of the molecule is CCOc1ccc([C@@H]2CC(=O)Nc3c2c(C)nn3-c2ccc3nncn3n2)cc1OCC. The van der Waals surface area contributed by atoms with Gasteiger partial charge in [0.2, 0.25) is 5.91 Å². The summed E-state index contributed by atoms with van der Waals surface area (Å²) in [5.41, 5.74) is 3.38. The standard InChI is InChI=1S/C22H23N7O3/c1-4-31-16-7-6-14(10-17(16)32-5-2)15-11-20(30)24-22-21(15)13(3)26-29(22)19-9-8-18-25-23-12-28(18)27-19/h6-10,12,15H,4-5,11H2,1-3H3,(H,24,30)/t15-/m0/s1. The maximum Gasteiger partial charge on any atom is 0.226 e. The van der Waals surface area contributed by atoms with Crippen LogP contribution in [0.25, 0.3) is 11.5 Å². The molecule has 10 nitrogen and oxygen atoms in total. The van der Waals surface area contributed by atoms with Crippen molar-refractivity contribution >= 4 is 17.4 Å². The number of carbonyl (C=O) groups is 1. The molecule has 0 bridgehead atoms. The Morgan fingerprint density at radius 1 is 1.09 bits per heavy atom. The van der Waals surface area contributed by atoms with Crippen LogP contribution in [0.3, 0.4) is 0 Å². The van der Waals surface area contributed by atoms with Gasteiger partial charge in [0, 0.05) is 17.9 Å². The van der Waals surface area contributed by atoms with E-state index in [2.05, 4.69) is 20.6 Å². The second kappa shape index (κ2) is 7.95. The van der Waals surface area contributed by atoms with Crippen molar-refractivity contribution in [2.24, 2.45) is 0 Å². The van der Waals surface area contributed by atoms with E-state index in [1.807, 2.05) is 45.0 Å². The third-order valence-electron chi connectivity index (χ3n) is 5.44. The summed E-state index contributed by atoms with van der Waals surface area (Å²) in [5.74, 6) is 2.29. The van der Waals surface area contributed by atoms with Gasteiger partial charge in [-0.2, -0.15) is 14.3 Å². The summed E-state index contributed by atoms with van der Waals surface area (Å²) in [7, 11) is 0. The first-order valence-corrected chi connectivity index (χ1v) is 10.5. The van der Waals surface area contributed by atoms with Gasteiger partial charge in [-0.15, -0.1) is 15.3 Å². The van der Waals surface area contributed by atoms with Crippen molar-refractivity contribution in [1.82, 2.24) is 29.6 Å². The number of nitrogens with one attached hydrogen (secondary N) is 1. The van der Waals surface area contributed by atoms with Gasteiger partial charge in [-0.1, -0.05) is 6.07 Å². The summed E-state index contributed by atoms with van der Waals surface area (Å²) in [6, 6.07) is 9.45. The van der Waals surface area contributed by atoms with E-state index in [1.165, 1.54) is 6.33 Å². The van der Waals surface area contributed by atoms with Gasteiger partial charge in [-0.3, -0.25) is 4.79 Å². The molecule has 1 atom stereocenters. The van der Waals surface area contributed by atoms with Gasteiger partial charge in [0.15, 0.2) is 23.0 Å². The first-order chi connectivity index (χ1) is 15.6. The van der Waals surface area contributed by atoms with E-state index in [0.717, 1.165) is 16.8 Å². The normalized spacial score (nSPS) is 15.5. The number of carbonyl (C=O) groups excluding carboxylic acids is 1. The number of hydrogen-bond donors (Lipinski definition) is 1. The fourth-order valence-corrected chi connectivity index (χ4v) is 4.11. The molecule has 1 aliphatic heterocycles. The number of nitrogens with zero attached hydrogens (tertiary/aromatic N) is 6. The zero-order valence-electron chi connectivity index (χ0n) is 18.1. The number of rotatable bonds is 6. The Bertz CT molecular complexity index is 1310. The molecule has 0 radical (unpaired) electrons. The van der Waals surface area contributed by atoms with E-state index >= 15 is 0 Å². The van der Waals surface area contributed by atoms with Gasteiger partial charge in [0.05, 0.1) is 18.9 Å². The minimum Gasteiger partial charge on any atom is -0.490 e. The molecule has 164 valence electrons. The molecule has 0 fully saturated rings. The highest BCUT2D eigenvalue weighted by atomic mass is 16.5. The quantitative estimate of drug-likeness (QED) is 0.498. The van der Waals surface area contributed by atoms with Crippen LogP contribution in [-0.4, -0.2) is 48.7 Å². The van der Waals surface area contributed by atoms with Gasteiger partial charge in [-0.05, 0) is 50.6 Å². The summed E-state index contributed by atoms with van der Waals surface area (Å²) in [4.78, 5) is 12.7. The number of benzene rings is 1. The zero-order chi connectivity index (χ0) is 22.2. The lowest BCUT2D eigenvalue weighted by Crippen LogP contribution is -2.25. The van der Waals surface area contributed by atoms with E-state index in [4.69, 9.17) is 14.6 Å². The predicted molar refractivity (Wildman–Crippen MR) is 117 cm³/mol. The van der Waals surface area contributed by atoms with Crippen LogP contribution in [0, 0.1) is 6.92 Å². The molecule has 0 aliphatic carbocycles. The van der Waals surface area contributed by atoms with Crippen LogP contribution < -0.4 is 14.8 Å². The first-order valence-electron chi connectivity index (χ1n) is 10.5. The number of amides is 1. The maximum absolute atomic E-state index is 12.7. The number of anilines is 1. The molecular formula is C22H23N7O3. The van der Waals surface area contributed by atoms with Crippen molar-refractivity contribution < 1.29 is 14.3 Å². The van der Waals surface area contributed by atoms with Gasteiger partial charge in [-0.25, -0.2) is 0 Å². The minimum absolute atomic E-state index is 0.0825. The number of aryl methyl sites for hydroxylation is 1. The summed E-state index contributed by atoms with van der Waals surface area (Å²) >= 11 is 0. The van der Waals surface area contributed by atoms with Crippen LogP contribution >= 0.6 is 0 Å². The Balaban J connectivity index is 1.61. The van der Waals surface area contributed by atoms with Gasteiger partial charge >= 0.3 is 0 Å². The fraction of sp³-hybridized carbons (Fsp3) is 0.318. The lowest BCUT2D eigenvalue weighted by atomic mass is 9.85. The van der Waals surface area contributed by atoms with Gasteiger partial charge in [0.25, 0.3) is 0 Å². The van der Waals surface area contributed by atoms with Gasteiger partial charge in [0.1, 0.15) is 12.1 Å². The molecule has 1 aromatic carbocycles. The molecule has 4 heterocycles. The van der Waals surface area contributed by atoms with E-state index in [9.17, 15) is 4.79 Å². The van der Waals surface area contributed by atoms with Crippen molar-refractivity contribution in [2.45, 2.75) is 33.1 Å². The highest BCUT2D eigenvalue weighted by Gasteiger charge is 2.33. The lowest BCUT2D eigenvalue weighted by Gasteiger charge is -2.25. The Morgan fingerprint density at radius 3 is 2.72 bits per heavy atom. The van der Waals surface area contributed by atoms with Crippen molar-refractivity contribution in [3.05, 3.63) is 53.5 Å². The highest BCUT2D eigenvalue weighted by molar-refractivity contribution is 5.95. The molecule has 10 heteroatoms. The molecule has 4 aromatic rings. The zero-order valence-corrected chi connectivity index (χ0v) is 18.1. The molecule has 0 saturated carbocycles. The minimum atomic E-state index is -0.166. The third-order valence-corrected chi connectivity index (χ3v) is 5.44. The second-order valence-corrected chi connectivity index (χ2v) is 7.46. The number of hydrogen-bond acceptors (Lipinski definition) is 7. The highest BCUT2D eigenvalue weighted by Crippen LogP contribution is 2.42. The smallest absolute Gasteiger partial charge is 0.226 e. The van der Waals surface area contributed by atoms with Crippen molar-refractivity contribution in [1.29, 1.82) is 0 Å². The molecule has 5 rings (SSSR count). The molecule has 32 heavy (non-hydrogen) atoms. The first kappa shape index (κ1) is 20.0. The van der Waals surface area contributed by atoms with Crippen LogP contribution in [-0.2, 0) is 4.79 Å². The summed E-state index contributed by atoms with van der Waals surface area (Å²) in [6.07, 6.45) is 1.84. The Labute approximate surface area is 184 Å². The Morgan fingerprint density at radius 2 is 1.91 bits per heavy atom.